The van der Waals surface area contributed by atoms with Crippen LogP contribution in [0.2, 0.25) is 0 Å². The van der Waals surface area contributed by atoms with Gasteiger partial charge in [-0.2, -0.15) is 5.26 Å². The number of anilines is 3. The van der Waals surface area contributed by atoms with Crippen LogP contribution in [-0.4, -0.2) is 32.5 Å². The first kappa shape index (κ1) is 24.1. The summed E-state index contributed by atoms with van der Waals surface area (Å²) in [7, 11) is 3.86. The molecule has 0 atom stereocenters. The molecule has 2 N–H and O–H groups in total. The van der Waals surface area contributed by atoms with Gasteiger partial charge in [0.05, 0.1) is 0 Å². The molecule has 0 aliphatic carbocycles. The molecular formula is C27H26N4O3. The van der Waals surface area contributed by atoms with Crippen LogP contribution >= 0.6 is 0 Å². The number of carbonyl (C=O) groups is 2. The van der Waals surface area contributed by atoms with Gasteiger partial charge in [-0.05, 0) is 67.1 Å². The largest absolute Gasteiger partial charge is 0.484 e. The Balaban J connectivity index is 1.56. The topological polar surface area (TPSA) is 94.5 Å². The summed E-state index contributed by atoms with van der Waals surface area (Å²) in [5.74, 6) is -0.261. The average molecular weight is 455 g/mol. The molecule has 7 nitrogen and oxygen atoms in total. The maximum absolute atomic E-state index is 12.5. The van der Waals surface area contributed by atoms with Crippen LogP contribution in [0.25, 0.3) is 6.08 Å². The molecule has 0 radical (unpaired) electrons. The fourth-order valence-corrected chi connectivity index (χ4v) is 3.00. The van der Waals surface area contributed by atoms with Crippen LogP contribution in [0.1, 0.15) is 11.1 Å². The van der Waals surface area contributed by atoms with Gasteiger partial charge in [0.2, 0.25) is 0 Å². The van der Waals surface area contributed by atoms with E-state index in [0.717, 1.165) is 11.3 Å². The average Bonchev–Trinajstić information content (AvgIpc) is 2.83. The van der Waals surface area contributed by atoms with Crippen LogP contribution in [0.4, 0.5) is 17.1 Å². The van der Waals surface area contributed by atoms with Crippen LogP contribution in [0.15, 0.2) is 78.4 Å². The molecule has 0 aliphatic heterocycles. The van der Waals surface area contributed by atoms with E-state index in [-0.39, 0.29) is 18.1 Å². The minimum Gasteiger partial charge on any atom is -0.484 e. The highest BCUT2D eigenvalue weighted by molar-refractivity contribution is 6.09. The Labute approximate surface area is 199 Å². The SMILES string of the molecule is Cc1ccc(NC(=O)COc2ccc(C=C(C#N)C(=O)Nc3ccc(N(C)C)cc3)cc2)cc1. The summed E-state index contributed by atoms with van der Waals surface area (Å²) >= 11 is 0. The zero-order valence-corrected chi connectivity index (χ0v) is 19.3. The molecule has 0 bridgehead atoms. The van der Waals surface area contributed by atoms with E-state index in [1.165, 1.54) is 6.08 Å². The second kappa shape index (κ2) is 11.3. The zero-order valence-electron chi connectivity index (χ0n) is 19.3. The van der Waals surface area contributed by atoms with E-state index in [2.05, 4.69) is 10.6 Å². The van der Waals surface area contributed by atoms with Crippen LogP contribution in [-0.2, 0) is 9.59 Å². The Morgan fingerprint density at radius 2 is 1.50 bits per heavy atom. The van der Waals surface area contributed by atoms with Crippen LogP contribution in [0.5, 0.6) is 5.75 Å². The van der Waals surface area contributed by atoms with Crippen molar-refractivity contribution in [2.75, 3.05) is 36.2 Å². The lowest BCUT2D eigenvalue weighted by molar-refractivity contribution is -0.118. The van der Waals surface area contributed by atoms with Crippen LogP contribution in [0, 0.1) is 18.3 Å². The van der Waals surface area contributed by atoms with Crippen LogP contribution < -0.4 is 20.3 Å². The third-order valence-corrected chi connectivity index (χ3v) is 4.90. The quantitative estimate of drug-likeness (QED) is 0.382. The molecule has 0 spiro atoms. The highest BCUT2D eigenvalue weighted by atomic mass is 16.5. The minimum absolute atomic E-state index is 0.0252. The van der Waals surface area contributed by atoms with Gasteiger partial charge in [0.15, 0.2) is 6.61 Å². The Morgan fingerprint density at radius 1 is 0.912 bits per heavy atom. The third-order valence-electron chi connectivity index (χ3n) is 4.90. The summed E-state index contributed by atoms with van der Waals surface area (Å²) in [6, 6.07) is 23.5. The first-order chi connectivity index (χ1) is 16.3. The lowest BCUT2D eigenvalue weighted by atomic mass is 10.1. The molecule has 0 unspecified atom stereocenters. The molecule has 0 saturated heterocycles. The van der Waals surface area contributed by atoms with E-state index in [1.807, 2.05) is 68.4 Å². The van der Waals surface area contributed by atoms with Gasteiger partial charge in [0.1, 0.15) is 17.4 Å². The van der Waals surface area contributed by atoms with Crippen molar-refractivity contribution in [3.05, 3.63) is 89.5 Å². The van der Waals surface area contributed by atoms with Gasteiger partial charge in [0.25, 0.3) is 11.8 Å². The van der Waals surface area contributed by atoms with E-state index in [4.69, 9.17) is 4.74 Å². The van der Waals surface area contributed by atoms with Crippen molar-refractivity contribution >= 4 is 35.0 Å². The Kier molecular flexibility index (Phi) is 8.03. The summed E-state index contributed by atoms with van der Waals surface area (Å²) in [6.07, 6.45) is 1.50. The normalized spacial score (nSPS) is 10.7. The molecule has 3 rings (SSSR count). The molecule has 0 aliphatic rings. The number of amides is 2. The second-order valence-electron chi connectivity index (χ2n) is 7.84. The Hall–Kier alpha value is -4.57. The number of benzene rings is 3. The fourth-order valence-electron chi connectivity index (χ4n) is 3.00. The Morgan fingerprint density at radius 3 is 2.09 bits per heavy atom. The first-order valence-corrected chi connectivity index (χ1v) is 10.6. The van der Waals surface area contributed by atoms with Gasteiger partial charge >= 0.3 is 0 Å². The minimum atomic E-state index is -0.492. The van der Waals surface area contributed by atoms with Crippen molar-refractivity contribution in [1.82, 2.24) is 0 Å². The molecule has 172 valence electrons. The lowest BCUT2D eigenvalue weighted by Crippen LogP contribution is -2.20. The number of nitriles is 1. The summed E-state index contributed by atoms with van der Waals surface area (Å²) in [5.41, 5.74) is 4.05. The number of nitrogens with zero attached hydrogens (tertiary/aromatic N) is 2. The Bertz CT molecular complexity index is 1210. The van der Waals surface area contributed by atoms with E-state index < -0.39 is 5.91 Å². The number of ether oxygens (including phenoxy) is 1. The number of aryl methyl sites for hydroxylation is 1. The maximum Gasteiger partial charge on any atom is 0.266 e. The summed E-state index contributed by atoms with van der Waals surface area (Å²) in [6.45, 7) is 1.84. The van der Waals surface area contributed by atoms with Gasteiger partial charge in [-0.1, -0.05) is 29.8 Å². The number of hydrogen-bond donors (Lipinski definition) is 2. The maximum atomic E-state index is 12.5. The molecule has 0 fully saturated rings. The fraction of sp³-hybridized carbons (Fsp3) is 0.148. The van der Waals surface area contributed by atoms with Gasteiger partial charge < -0.3 is 20.3 Å². The van der Waals surface area contributed by atoms with Gasteiger partial charge in [-0.25, -0.2) is 0 Å². The molecule has 7 heteroatoms. The zero-order chi connectivity index (χ0) is 24.5. The first-order valence-electron chi connectivity index (χ1n) is 10.6. The van der Waals surface area contributed by atoms with Crippen molar-refractivity contribution in [3.8, 4) is 11.8 Å². The van der Waals surface area contributed by atoms with Crippen molar-refractivity contribution in [2.45, 2.75) is 6.92 Å². The van der Waals surface area contributed by atoms with Gasteiger partial charge in [-0.3, -0.25) is 9.59 Å². The number of hydrogen-bond acceptors (Lipinski definition) is 5. The van der Waals surface area contributed by atoms with Crippen molar-refractivity contribution in [1.29, 1.82) is 5.26 Å². The van der Waals surface area contributed by atoms with E-state index in [9.17, 15) is 14.9 Å². The smallest absolute Gasteiger partial charge is 0.266 e. The third kappa shape index (κ3) is 6.97. The molecule has 0 saturated carbocycles. The number of nitrogens with one attached hydrogen (secondary N) is 2. The van der Waals surface area contributed by atoms with E-state index in [0.29, 0.717) is 22.7 Å². The van der Waals surface area contributed by atoms with Gasteiger partial charge in [-0.15, -0.1) is 0 Å². The molecule has 0 aromatic heterocycles. The summed E-state index contributed by atoms with van der Waals surface area (Å²) < 4.78 is 5.52. The van der Waals surface area contributed by atoms with E-state index in [1.54, 1.807) is 36.4 Å². The van der Waals surface area contributed by atoms with Crippen molar-refractivity contribution < 1.29 is 14.3 Å². The molecule has 34 heavy (non-hydrogen) atoms. The van der Waals surface area contributed by atoms with Crippen molar-refractivity contribution in [3.63, 3.8) is 0 Å². The summed E-state index contributed by atoms with van der Waals surface area (Å²) in [5, 5.41) is 14.9. The van der Waals surface area contributed by atoms with Gasteiger partial charge in [0, 0.05) is 31.2 Å². The molecule has 0 heterocycles. The second-order valence-corrected chi connectivity index (χ2v) is 7.84. The predicted molar refractivity (Wildman–Crippen MR) is 135 cm³/mol. The molecule has 3 aromatic rings. The highest BCUT2D eigenvalue weighted by Crippen LogP contribution is 2.18. The monoisotopic (exact) mass is 454 g/mol. The van der Waals surface area contributed by atoms with Crippen molar-refractivity contribution in [2.24, 2.45) is 0 Å². The number of carbonyl (C=O) groups excluding carboxylic acids is 2. The van der Waals surface area contributed by atoms with Crippen LogP contribution in [0.3, 0.4) is 0 Å². The highest BCUT2D eigenvalue weighted by Gasteiger charge is 2.10. The molecule has 3 aromatic carbocycles. The molecular weight excluding hydrogens is 428 g/mol. The predicted octanol–water partition coefficient (Wildman–Crippen LogP) is 4.62. The summed E-state index contributed by atoms with van der Waals surface area (Å²) in [4.78, 5) is 26.5. The van der Waals surface area contributed by atoms with E-state index >= 15 is 0 Å². The standard InChI is InChI=1S/C27H26N4O3/c1-19-4-8-22(9-5-19)29-26(32)18-34-25-14-6-20(7-15-25)16-21(17-28)27(33)30-23-10-12-24(13-11-23)31(2)3/h4-16H,18H2,1-3H3,(H,29,32)(H,30,33). The number of rotatable bonds is 8. The lowest BCUT2D eigenvalue weighted by Gasteiger charge is -2.13. The molecule has 2 amide bonds.